The topological polar surface area (TPSA) is 33.2 Å². The standard InChI is InChI=1S/C9H10N2OS/c12-9-11(4-5-13-9)7-8-2-1-3-10-6-8/h1-3,6H,4-5,7H2. The van der Waals surface area contributed by atoms with Gasteiger partial charge in [-0.3, -0.25) is 9.78 Å². The second kappa shape index (κ2) is 3.79. The Morgan fingerprint density at radius 3 is 3.15 bits per heavy atom. The van der Waals surface area contributed by atoms with Gasteiger partial charge in [0.05, 0.1) is 0 Å². The average Bonchev–Trinajstić information content (AvgIpc) is 2.54. The molecule has 0 atom stereocenters. The Hall–Kier alpha value is -1.03. The third kappa shape index (κ3) is 2.01. The van der Waals surface area contributed by atoms with Crippen LogP contribution < -0.4 is 0 Å². The zero-order valence-corrected chi connectivity index (χ0v) is 7.96. The Morgan fingerprint density at radius 2 is 2.54 bits per heavy atom. The van der Waals surface area contributed by atoms with Crippen LogP contribution in [-0.2, 0) is 6.54 Å². The van der Waals surface area contributed by atoms with Crippen molar-refractivity contribution in [3.05, 3.63) is 30.1 Å². The van der Waals surface area contributed by atoms with Crippen molar-refractivity contribution in [1.29, 1.82) is 0 Å². The average molecular weight is 194 g/mol. The van der Waals surface area contributed by atoms with Crippen LogP contribution in [0.4, 0.5) is 4.79 Å². The summed E-state index contributed by atoms with van der Waals surface area (Å²) in [6.07, 6.45) is 3.54. The van der Waals surface area contributed by atoms with E-state index < -0.39 is 0 Å². The van der Waals surface area contributed by atoms with Gasteiger partial charge in [-0.15, -0.1) is 0 Å². The van der Waals surface area contributed by atoms with Crippen molar-refractivity contribution in [3.63, 3.8) is 0 Å². The van der Waals surface area contributed by atoms with Gasteiger partial charge < -0.3 is 4.90 Å². The monoisotopic (exact) mass is 194 g/mol. The first-order chi connectivity index (χ1) is 6.36. The second-order valence-corrected chi connectivity index (χ2v) is 3.94. The molecule has 3 nitrogen and oxygen atoms in total. The lowest BCUT2D eigenvalue weighted by molar-refractivity contribution is 0.227. The summed E-state index contributed by atoms with van der Waals surface area (Å²) < 4.78 is 0. The minimum Gasteiger partial charge on any atom is -0.328 e. The molecular weight excluding hydrogens is 184 g/mol. The van der Waals surface area contributed by atoms with Crippen molar-refractivity contribution in [2.45, 2.75) is 6.54 Å². The largest absolute Gasteiger partial charge is 0.328 e. The summed E-state index contributed by atoms with van der Waals surface area (Å²) in [5.74, 6) is 0.916. The normalized spacial score (nSPS) is 16.6. The summed E-state index contributed by atoms with van der Waals surface area (Å²) in [7, 11) is 0. The van der Waals surface area contributed by atoms with Crippen molar-refractivity contribution in [2.24, 2.45) is 0 Å². The van der Waals surface area contributed by atoms with Crippen LogP contribution in [-0.4, -0.2) is 27.4 Å². The number of hydrogen-bond donors (Lipinski definition) is 0. The lowest BCUT2D eigenvalue weighted by atomic mass is 10.3. The Balaban J connectivity index is 2.02. The third-order valence-corrected chi connectivity index (χ3v) is 2.83. The zero-order valence-electron chi connectivity index (χ0n) is 7.14. The van der Waals surface area contributed by atoms with Gasteiger partial charge in [0.2, 0.25) is 0 Å². The molecule has 0 N–H and O–H groups in total. The molecule has 68 valence electrons. The van der Waals surface area contributed by atoms with E-state index in [4.69, 9.17) is 0 Å². The summed E-state index contributed by atoms with van der Waals surface area (Å²) in [6.45, 7) is 1.55. The van der Waals surface area contributed by atoms with Crippen molar-refractivity contribution < 1.29 is 4.79 Å². The molecule has 0 bridgehead atoms. The third-order valence-electron chi connectivity index (χ3n) is 1.94. The zero-order chi connectivity index (χ0) is 9.10. The van der Waals surface area contributed by atoms with E-state index in [0.717, 1.165) is 17.9 Å². The van der Waals surface area contributed by atoms with Crippen molar-refractivity contribution in [2.75, 3.05) is 12.3 Å². The first-order valence-corrected chi connectivity index (χ1v) is 5.15. The number of aromatic nitrogens is 1. The van der Waals surface area contributed by atoms with Gasteiger partial charge in [-0.1, -0.05) is 17.8 Å². The van der Waals surface area contributed by atoms with Gasteiger partial charge in [-0.05, 0) is 11.6 Å². The van der Waals surface area contributed by atoms with Gasteiger partial charge in [0.25, 0.3) is 5.24 Å². The SMILES string of the molecule is O=C1SCCN1Cc1cccnc1. The molecule has 2 rings (SSSR count). The number of rotatable bonds is 2. The fourth-order valence-corrected chi connectivity index (χ4v) is 2.11. The molecule has 1 amide bonds. The number of thioether (sulfide) groups is 1. The van der Waals surface area contributed by atoms with E-state index in [2.05, 4.69) is 4.98 Å². The quantitative estimate of drug-likeness (QED) is 0.719. The number of carbonyl (C=O) groups excluding carboxylic acids is 1. The van der Waals surface area contributed by atoms with Crippen LogP contribution in [0.1, 0.15) is 5.56 Å². The number of nitrogens with zero attached hydrogens (tertiary/aromatic N) is 2. The summed E-state index contributed by atoms with van der Waals surface area (Å²) in [4.78, 5) is 17.1. The molecule has 1 aliphatic rings. The first kappa shape index (κ1) is 8.56. The van der Waals surface area contributed by atoms with E-state index in [1.54, 1.807) is 12.4 Å². The van der Waals surface area contributed by atoms with E-state index >= 15 is 0 Å². The van der Waals surface area contributed by atoms with E-state index in [1.165, 1.54) is 11.8 Å². The van der Waals surface area contributed by atoms with E-state index in [9.17, 15) is 4.79 Å². The number of amides is 1. The van der Waals surface area contributed by atoms with Crippen LogP contribution in [0, 0.1) is 0 Å². The Morgan fingerprint density at radius 1 is 1.62 bits per heavy atom. The highest BCUT2D eigenvalue weighted by Crippen LogP contribution is 2.19. The van der Waals surface area contributed by atoms with Gasteiger partial charge in [0.1, 0.15) is 0 Å². The van der Waals surface area contributed by atoms with E-state index in [-0.39, 0.29) is 5.24 Å². The van der Waals surface area contributed by atoms with Crippen LogP contribution >= 0.6 is 11.8 Å². The predicted molar refractivity (Wildman–Crippen MR) is 52.5 cm³/mol. The van der Waals surface area contributed by atoms with Crippen LogP contribution in [0.5, 0.6) is 0 Å². The molecule has 1 fully saturated rings. The van der Waals surface area contributed by atoms with Gasteiger partial charge >= 0.3 is 0 Å². The molecule has 0 aliphatic carbocycles. The molecule has 0 saturated carbocycles. The molecule has 0 aromatic carbocycles. The van der Waals surface area contributed by atoms with Gasteiger partial charge in [0, 0.05) is 31.2 Å². The highest BCUT2D eigenvalue weighted by molar-refractivity contribution is 8.13. The molecular formula is C9H10N2OS. The summed E-state index contributed by atoms with van der Waals surface area (Å²) in [6, 6.07) is 3.88. The lowest BCUT2D eigenvalue weighted by Gasteiger charge is -2.13. The molecule has 0 spiro atoms. The summed E-state index contributed by atoms with van der Waals surface area (Å²) in [5, 5.41) is 0.184. The Kier molecular flexibility index (Phi) is 2.49. The maximum absolute atomic E-state index is 11.2. The van der Waals surface area contributed by atoms with Crippen LogP contribution in [0.3, 0.4) is 0 Å². The van der Waals surface area contributed by atoms with Crippen molar-refractivity contribution in [1.82, 2.24) is 9.88 Å². The predicted octanol–water partition coefficient (Wildman–Crippen LogP) is 1.75. The Labute approximate surface area is 81.1 Å². The van der Waals surface area contributed by atoms with Crippen LogP contribution in [0.25, 0.3) is 0 Å². The summed E-state index contributed by atoms with van der Waals surface area (Å²) >= 11 is 1.39. The smallest absolute Gasteiger partial charge is 0.282 e. The second-order valence-electron chi connectivity index (χ2n) is 2.90. The number of hydrogen-bond acceptors (Lipinski definition) is 3. The lowest BCUT2D eigenvalue weighted by Crippen LogP contribution is -2.22. The molecule has 0 unspecified atom stereocenters. The van der Waals surface area contributed by atoms with Gasteiger partial charge in [-0.2, -0.15) is 0 Å². The van der Waals surface area contributed by atoms with E-state index in [1.807, 2.05) is 17.0 Å². The molecule has 1 aliphatic heterocycles. The fourth-order valence-electron chi connectivity index (χ4n) is 1.28. The molecule has 1 aromatic rings. The van der Waals surface area contributed by atoms with Crippen molar-refractivity contribution >= 4 is 17.0 Å². The molecule has 13 heavy (non-hydrogen) atoms. The first-order valence-electron chi connectivity index (χ1n) is 4.17. The van der Waals surface area contributed by atoms with E-state index in [0.29, 0.717) is 6.54 Å². The minimum atomic E-state index is 0.184. The van der Waals surface area contributed by atoms with Crippen LogP contribution in [0.2, 0.25) is 0 Å². The van der Waals surface area contributed by atoms with Gasteiger partial charge in [-0.25, -0.2) is 0 Å². The molecule has 1 aromatic heterocycles. The maximum Gasteiger partial charge on any atom is 0.282 e. The minimum absolute atomic E-state index is 0.184. The highest BCUT2D eigenvalue weighted by atomic mass is 32.2. The van der Waals surface area contributed by atoms with Crippen molar-refractivity contribution in [3.8, 4) is 0 Å². The maximum atomic E-state index is 11.2. The Bertz CT molecular complexity index is 302. The number of pyridine rings is 1. The van der Waals surface area contributed by atoms with Crippen LogP contribution in [0.15, 0.2) is 24.5 Å². The summed E-state index contributed by atoms with van der Waals surface area (Å²) in [5.41, 5.74) is 1.10. The fraction of sp³-hybridized carbons (Fsp3) is 0.333. The molecule has 0 radical (unpaired) electrons. The molecule has 4 heteroatoms. The van der Waals surface area contributed by atoms with Gasteiger partial charge in [0.15, 0.2) is 0 Å². The number of carbonyl (C=O) groups is 1. The highest BCUT2D eigenvalue weighted by Gasteiger charge is 2.20. The molecule has 1 saturated heterocycles. The molecule has 2 heterocycles.